The van der Waals surface area contributed by atoms with Gasteiger partial charge in [0.25, 0.3) is 6.43 Å². The number of hydrogen-bond acceptors (Lipinski definition) is 2. The maximum atomic E-state index is 12.3. The highest BCUT2D eigenvalue weighted by Gasteiger charge is 2.17. The van der Waals surface area contributed by atoms with E-state index in [0.717, 1.165) is 0 Å². The maximum Gasteiger partial charge on any atom is 0.352 e. The first-order chi connectivity index (χ1) is 6.43. The molecule has 0 fully saturated rings. The molecule has 76 valence electrons. The van der Waals surface area contributed by atoms with Crippen LogP contribution < -0.4 is 5.43 Å². The number of pyridine rings is 1. The van der Waals surface area contributed by atoms with Gasteiger partial charge in [-0.1, -0.05) is 0 Å². The van der Waals surface area contributed by atoms with Crippen LogP contribution >= 0.6 is 0 Å². The average Bonchev–Trinajstić information content (AvgIpc) is 2.01. The third-order valence-corrected chi connectivity index (χ3v) is 1.72. The zero-order valence-electron chi connectivity index (χ0n) is 7.17. The number of alkyl halides is 2. The lowest BCUT2D eigenvalue weighted by Crippen LogP contribution is -2.16. The molecule has 0 atom stereocenters. The van der Waals surface area contributed by atoms with E-state index >= 15 is 0 Å². The molecule has 1 aromatic heterocycles. The summed E-state index contributed by atoms with van der Waals surface area (Å²) in [7, 11) is 0. The molecule has 0 bridgehead atoms. The third kappa shape index (κ3) is 1.78. The van der Waals surface area contributed by atoms with Gasteiger partial charge in [0.05, 0.1) is 5.56 Å². The Morgan fingerprint density at radius 3 is 2.50 bits per heavy atom. The first kappa shape index (κ1) is 10.4. The lowest BCUT2D eigenvalue weighted by Gasteiger charge is -2.04. The molecule has 2 N–H and O–H groups in total. The third-order valence-electron chi connectivity index (χ3n) is 1.72. The normalized spacial score (nSPS) is 10.6. The molecule has 0 saturated heterocycles. The van der Waals surface area contributed by atoms with E-state index in [-0.39, 0.29) is 5.69 Å². The van der Waals surface area contributed by atoms with Crippen LogP contribution in [-0.2, 0) is 0 Å². The molecule has 0 saturated carbocycles. The number of carboxylic acids is 1. The molecule has 6 heteroatoms. The first-order valence-electron chi connectivity index (χ1n) is 3.68. The van der Waals surface area contributed by atoms with E-state index in [0.29, 0.717) is 6.07 Å². The van der Waals surface area contributed by atoms with Crippen LogP contribution in [0.3, 0.4) is 0 Å². The summed E-state index contributed by atoms with van der Waals surface area (Å²) in [5, 5.41) is 8.51. The molecule has 1 aromatic rings. The van der Waals surface area contributed by atoms with Crippen molar-refractivity contribution in [3.63, 3.8) is 0 Å². The monoisotopic (exact) mass is 203 g/mol. The molecular weight excluding hydrogens is 196 g/mol. The lowest BCUT2D eigenvalue weighted by molar-refractivity contribution is 0.0689. The van der Waals surface area contributed by atoms with E-state index in [9.17, 15) is 18.4 Å². The Labute approximate surface area is 77.2 Å². The summed E-state index contributed by atoms with van der Waals surface area (Å²) in [6.45, 7) is 1.23. The van der Waals surface area contributed by atoms with Gasteiger partial charge in [-0.15, -0.1) is 0 Å². The van der Waals surface area contributed by atoms with Gasteiger partial charge in [0, 0.05) is 11.8 Å². The predicted octanol–water partition coefficient (Wildman–Crippen LogP) is 1.32. The number of carbonyl (C=O) groups is 1. The van der Waals surface area contributed by atoms with Gasteiger partial charge >= 0.3 is 5.97 Å². The summed E-state index contributed by atoms with van der Waals surface area (Å²) in [6.07, 6.45) is -2.90. The molecule has 0 aromatic carbocycles. The van der Waals surface area contributed by atoms with Crippen molar-refractivity contribution in [2.45, 2.75) is 13.3 Å². The van der Waals surface area contributed by atoms with Crippen LogP contribution in [0.2, 0.25) is 0 Å². The Balaban J connectivity index is 3.40. The van der Waals surface area contributed by atoms with Crippen molar-refractivity contribution < 1.29 is 18.7 Å². The largest absolute Gasteiger partial charge is 0.477 e. The molecule has 0 aliphatic rings. The van der Waals surface area contributed by atoms with Crippen molar-refractivity contribution in [2.75, 3.05) is 0 Å². The summed E-state index contributed by atoms with van der Waals surface area (Å²) in [6, 6.07) is 0.650. The van der Waals surface area contributed by atoms with Gasteiger partial charge in [0.15, 0.2) is 5.43 Å². The topological polar surface area (TPSA) is 70.2 Å². The Bertz CT molecular complexity index is 425. The zero-order valence-corrected chi connectivity index (χ0v) is 7.17. The SMILES string of the molecule is Cc1[nH]c(C(=O)O)cc(=O)c1C(F)F. The molecule has 0 aliphatic heterocycles. The van der Waals surface area contributed by atoms with Crippen LogP contribution in [0.5, 0.6) is 0 Å². The van der Waals surface area contributed by atoms with E-state index in [1.165, 1.54) is 6.92 Å². The van der Waals surface area contributed by atoms with Crippen molar-refractivity contribution >= 4 is 5.97 Å². The number of aromatic amines is 1. The summed E-state index contributed by atoms with van der Waals surface area (Å²) in [4.78, 5) is 23.7. The van der Waals surface area contributed by atoms with Gasteiger partial charge < -0.3 is 10.1 Å². The average molecular weight is 203 g/mol. The first-order valence-corrected chi connectivity index (χ1v) is 3.68. The highest BCUT2D eigenvalue weighted by Crippen LogP contribution is 2.17. The molecule has 0 radical (unpaired) electrons. The fourth-order valence-electron chi connectivity index (χ4n) is 1.09. The number of aromatic nitrogens is 1. The summed E-state index contributed by atoms with van der Waals surface area (Å²) in [5.74, 6) is -1.36. The number of halogens is 2. The maximum absolute atomic E-state index is 12.3. The van der Waals surface area contributed by atoms with Crippen molar-refractivity contribution in [2.24, 2.45) is 0 Å². The van der Waals surface area contributed by atoms with E-state index in [2.05, 4.69) is 4.98 Å². The Morgan fingerprint density at radius 1 is 1.57 bits per heavy atom. The molecule has 1 rings (SSSR count). The standard InChI is InChI=1S/C8H7F2NO3/c1-3-6(7(9)10)5(12)2-4(11-3)8(13)14/h2,7H,1H3,(H,11,12)(H,13,14). The van der Waals surface area contributed by atoms with E-state index in [4.69, 9.17) is 5.11 Å². The number of nitrogens with one attached hydrogen (secondary N) is 1. The van der Waals surface area contributed by atoms with Crippen molar-refractivity contribution in [1.29, 1.82) is 0 Å². The van der Waals surface area contributed by atoms with Gasteiger partial charge in [0.1, 0.15) is 5.69 Å². The van der Waals surface area contributed by atoms with Crippen molar-refractivity contribution in [3.05, 3.63) is 33.2 Å². The van der Waals surface area contributed by atoms with Gasteiger partial charge in [-0.3, -0.25) is 4.79 Å². The minimum absolute atomic E-state index is 0.120. The molecule has 1 heterocycles. The summed E-state index contributed by atoms with van der Waals surface area (Å²) >= 11 is 0. The smallest absolute Gasteiger partial charge is 0.352 e. The number of aryl methyl sites for hydroxylation is 1. The second-order valence-electron chi connectivity index (χ2n) is 2.69. The van der Waals surface area contributed by atoms with Crippen LogP contribution in [-0.4, -0.2) is 16.1 Å². The van der Waals surface area contributed by atoms with Gasteiger partial charge in [-0.2, -0.15) is 0 Å². The molecule has 0 spiro atoms. The van der Waals surface area contributed by atoms with Crippen LogP contribution in [0.25, 0.3) is 0 Å². The highest BCUT2D eigenvalue weighted by atomic mass is 19.3. The van der Waals surface area contributed by atoms with E-state index < -0.39 is 29.1 Å². The number of H-pyrrole nitrogens is 1. The van der Waals surface area contributed by atoms with Gasteiger partial charge in [0.2, 0.25) is 0 Å². The van der Waals surface area contributed by atoms with Crippen LogP contribution in [0.4, 0.5) is 8.78 Å². The van der Waals surface area contributed by atoms with Gasteiger partial charge in [-0.05, 0) is 6.92 Å². The highest BCUT2D eigenvalue weighted by molar-refractivity contribution is 5.85. The zero-order chi connectivity index (χ0) is 10.9. The molecule has 0 aliphatic carbocycles. The predicted molar refractivity (Wildman–Crippen MR) is 43.7 cm³/mol. The minimum atomic E-state index is -2.90. The summed E-state index contributed by atoms with van der Waals surface area (Å²) in [5.41, 5.74) is -2.16. The Kier molecular flexibility index (Phi) is 2.64. The Hall–Kier alpha value is -1.72. The molecule has 0 amide bonds. The number of aromatic carboxylic acids is 1. The second-order valence-corrected chi connectivity index (χ2v) is 2.69. The molecule has 0 unspecified atom stereocenters. The summed E-state index contributed by atoms with van der Waals surface area (Å²) < 4.78 is 24.5. The van der Waals surface area contributed by atoms with Crippen molar-refractivity contribution in [1.82, 2.24) is 4.98 Å². The van der Waals surface area contributed by atoms with Crippen LogP contribution in [0.15, 0.2) is 10.9 Å². The van der Waals surface area contributed by atoms with Gasteiger partial charge in [-0.25, -0.2) is 13.6 Å². The fourth-order valence-corrected chi connectivity index (χ4v) is 1.09. The number of hydrogen-bond donors (Lipinski definition) is 2. The van der Waals surface area contributed by atoms with Crippen LogP contribution in [0, 0.1) is 6.92 Å². The minimum Gasteiger partial charge on any atom is -0.477 e. The quantitative estimate of drug-likeness (QED) is 0.761. The number of rotatable bonds is 2. The Morgan fingerprint density at radius 2 is 2.14 bits per heavy atom. The molecular formula is C8H7F2NO3. The van der Waals surface area contributed by atoms with E-state index in [1.807, 2.05) is 0 Å². The molecule has 14 heavy (non-hydrogen) atoms. The second kappa shape index (κ2) is 3.57. The molecule has 4 nitrogen and oxygen atoms in total. The van der Waals surface area contributed by atoms with E-state index in [1.54, 1.807) is 0 Å². The number of carboxylic acid groups (broad SMARTS) is 1. The van der Waals surface area contributed by atoms with Crippen LogP contribution in [0.1, 0.15) is 28.2 Å². The lowest BCUT2D eigenvalue weighted by atomic mass is 10.2. The fraction of sp³-hybridized carbons (Fsp3) is 0.250. The van der Waals surface area contributed by atoms with Crippen molar-refractivity contribution in [3.8, 4) is 0 Å².